The molecule has 96 valence electrons. The molecule has 0 saturated carbocycles. The zero-order valence-corrected chi connectivity index (χ0v) is 11.9. The number of halogens is 1. The molecule has 0 aliphatic rings. The van der Waals surface area contributed by atoms with Crippen LogP contribution in [0.2, 0.25) is 5.02 Å². The van der Waals surface area contributed by atoms with Crippen LogP contribution >= 0.6 is 22.9 Å². The van der Waals surface area contributed by atoms with Crippen LogP contribution in [0.25, 0.3) is 21.7 Å². The van der Waals surface area contributed by atoms with Crippen LogP contribution < -0.4 is 5.73 Å². The fraction of sp³-hybridized carbons (Fsp3) is 0.0714. The van der Waals surface area contributed by atoms with Crippen molar-refractivity contribution in [3.8, 4) is 21.7 Å². The zero-order chi connectivity index (χ0) is 13.4. The molecule has 0 spiro atoms. The molecule has 0 bridgehead atoms. The Balaban J connectivity index is 2.28. The molecule has 0 amide bonds. The fourth-order valence-corrected chi connectivity index (χ4v) is 3.18. The van der Waals surface area contributed by atoms with Gasteiger partial charge in [-0.05, 0) is 17.0 Å². The number of nitrogen functional groups attached to an aromatic ring is 1. The topological polar surface area (TPSA) is 43.8 Å². The van der Waals surface area contributed by atoms with E-state index in [1.165, 1.54) is 0 Å². The summed E-state index contributed by atoms with van der Waals surface area (Å²) in [7, 11) is 1.84. The van der Waals surface area contributed by atoms with Gasteiger partial charge in [-0.1, -0.05) is 41.9 Å². The van der Waals surface area contributed by atoms with Crippen molar-refractivity contribution in [1.82, 2.24) is 9.78 Å². The van der Waals surface area contributed by atoms with Crippen LogP contribution in [0.1, 0.15) is 0 Å². The Morgan fingerprint density at radius 3 is 2.58 bits per heavy atom. The molecular weight excluding hydrogens is 278 g/mol. The predicted molar refractivity (Wildman–Crippen MR) is 81.4 cm³/mol. The highest BCUT2D eigenvalue weighted by Crippen LogP contribution is 2.41. The maximum atomic E-state index is 6.22. The molecule has 0 radical (unpaired) electrons. The largest absolute Gasteiger partial charge is 0.383 e. The van der Waals surface area contributed by atoms with Gasteiger partial charge in [0.05, 0.1) is 15.5 Å². The second kappa shape index (κ2) is 4.72. The minimum atomic E-state index is 0.644. The van der Waals surface area contributed by atoms with Gasteiger partial charge < -0.3 is 5.73 Å². The van der Waals surface area contributed by atoms with Crippen LogP contribution in [-0.4, -0.2) is 9.78 Å². The average Bonchev–Trinajstić information content (AvgIpc) is 2.96. The van der Waals surface area contributed by atoms with Crippen molar-refractivity contribution < 1.29 is 0 Å². The Morgan fingerprint density at radius 1 is 1.21 bits per heavy atom. The van der Waals surface area contributed by atoms with Crippen LogP contribution in [0.4, 0.5) is 5.82 Å². The first-order chi connectivity index (χ1) is 9.18. The maximum absolute atomic E-state index is 6.22. The van der Waals surface area contributed by atoms with E-state index >= 15 is 0 Å². The van der Waals surface area contributed by atoms with Gasteiger partial charge in [0.2, 0.25) is 0 Å². The molecule has 5 heteroatoms. The summed E-state index contributed by atoms with van der Waals surface area (Å²) in [4.78, 5) is 0.952. The minimum Gasteiger partial charge on any atom is -0.383 e. The third kappa shape index (κ3) is 2.03. The van der Waals surface area contributed by atoms with Crippen molar-refractivity contribution in [2.24, 2.45) is 7.05 Å². The molecule has 0 atom stereocenters. The van der Waals surface area contributed by atoms with E-state index < -0.39 is 0 Å². The first kappa shape index (κ1) is 12.3. The van der Waals surface area contributed by atoms with Gasteiger partial charge in [-0.3, -0.25) is 4.68 Å². The Morgan fingerprint density at radius 2 is 1.95 bits per heavy atom. The van der Waals surface area contributed by atoms with Crippen molar-refractivity contribution in [2.75, 3.05) is 5.73 Å². The summed E-state index contributed by atoms with van der Waals surface area (Å²) in [6.07, 6.45) is 0. The molecule has 0 saturated heterocycles. The van der Waals surface area contributed by atoms with E-state index in [4.69, 9.17) is 17.3 Å². The molecule has 0 aliphatic heterocycles. The van der Waals surface area contributed by atoms with E-state index in [1.807, 2.05) is 48.8 Å². The normalized spacial score (nSPS) is 10.8. The second-order valence-electron chi connectivity index (χ2n) is 4.20. The van der Waals surface area contributed by atoms with Gasteiger partial charge in [-0.25, -0.2) is 0 Å². The smallest absolute Gasteiger partial charge is 0.129 e. The molecule has 1 aromatic carbocycles. The maximum Gasteiger partial charge on any atom is 0.129 e. The Hall–Kier alpha value is -1.78. The lowest BCUT2D eigenvalue weighted by Crippen LogP contribution is -1.97. The Kier molecular flexibility index (Phi) is 3.05. The molecule has 19 heavy (non-hydrogen) atoms. The van der Waals surface area contributed by atoms with E-state index in [9.17, 15) is 0 Å². The Labute approximate surface area is 120 Å². The van der Waals surface area contributed by atoms with Crippen LogP contribution in [0.3, 0.4) is 0 Å². The number of thiophene rings is 1. The molecule has 3 rings (SSSR count). The lowest BCUT2D eigenvalue weighted by atomic mass is 10.0. The number of nitrogens with zero attached hydrogens (tertiary/aromatic N) is 2. The van der Waals surface area contributed by atoms with Crippen molar-refractivity contribution in [3.05, 3.63) is 46.8 Å². The van der Waals surface area contributed by atoms with Crippen molar-refractivity contribution in [1.29, 1.82) is 0 Å². The van der Waals surface area contributed by atoms with Gasteiger partial charge in [0, 0.05) is 7.05 Å². The third-order valence-corrected chi connectivity index (χ3v) is 4.33. The minimum absolute atomic E-state index is 0.644. The van der Waals surface area contributed by atoms with Crippen LogP contribution in [-0.2, 0) is 7.05 Å². The summed E-state index contributed by atoms with van der Waals surface area (Å²) in [5.41, 5.74) is 8.98. The molecule has 3 aromatic rings. The molecule has 0 aliphatic carbocycles. The number of hydrogen-bond acceptors (Lipinski definition) is 3. The number of rotatable bonds is 2. The summed E-state index contributed by atoms with van der Waals surface area (Å²) >= 11 is 7.79. The number of benzene rings is 1. The van der Waals surface area contributed by atoms with Crippen molar-refractivity contribution in [3.63, 3.8) is 0 Å². The number of anilines is 1. The number of nitrogens with two attached hydrogens (primary N) is 1. The molecule has 2 heterocycles. The van der Waals surface area contributed by atoms with Crippen LogP contribution in [0.5, 0.6) is 0 Å². The SMILES string of the molecule is Cn1nc(-c2sccc2Cl)c(-c2ccccc2)c1N. The molecule has 0 unspecified atom stereocenters. The summed E-state index contributed by atoms with van der Waals surface area (Å²) < 4.78 is 1.69. The summed E-state index contributed by atoms with van der Waals surface area (Å²) in [5.74, 6) is 0.644. The van der Waals surface area contributed by atoms with E-state index in [2.05, 4.69) is 5.10 Å². The monoisotopic (exact) mass is 289 g/mol. The van der Waals surface area contributed by atoms with Gasteiger partial charge in [-0.15, -0.1) is 11.3 Å². The van der Waals surface area contributed by atoms with Gasteiger partial charge in [-0.2, -0.15) is 5.10 Å². The van der Waals surface area contributed by atoms with Crippen LogP contribution in [0, 0.1) is 0 Å². The van der Waals surface area contributed by atoms with Gasteiger partial charge in [0.1, 0.15) is 11.5 Å². The third-order valence-electron chi connectivity index (χ3n) is 2.99. The van der Waals surface area contributed by atoms with E-state index in [-0.39, 0.29) is 0 Å². The summed E-state index contributed by atoms with van der Waals surface area (Å²) in [5, 5.41) is 7.17. The number of hydrogen-bond donors (Lipinski definition) is 1. The molecular formula is C14H12ClN3S. The van der Waals surface area contributed by atoms with Gasteiger partial charge >= 0.3 is 0 Å². The highest BCUT2D eigenvalue weighted by molar-refractivity contribution is 7.14. The van der Waals surface area contributed by atoms with Gasteiger partial charge in [0.25, 0.3) is 0 Å². The van der Waals surface area contributed by atoms with E-state index in [0.717, 1.165) is 21.7 Å². The van der Waals surface area contributed by atoms with E-state index in [0.29, 0.717) is 10.8 Å². The second-order valence-corrected chi connectivity index (χ2v) is 5.52. The highest BCUT2D eigenvalue weighted by atomic mass is 35.5. The molecule has 0 fully saturated rings. The van der Waals surface area contributed by atoms with Crippen LogP contribution in [0.15, 0.2) is 41.8 Å². The van der Waals surface area contributed by atoms with Crippen molar-refractivity contribution >= 4 is 28.8 Å². The van der Waals surface area contributed by atoms with E-state index in [1.54, 1.807) is 16.0 Å². The standard InChI is InChI=1S/C14H12ClN3S/c1-18-14(16)11(9-5-3-2-4-6-9)12(17-18)13-10(15)7-8-19-13/h2-8H,16H2,1H3. The molecule has 2 N–H and O–H groups in total. The summed E-state index contributed by atoms with van der Waals surface area (Å²) in [6.45, 7) is 0. The summed E-state index contributed by atoms with van der Waals surface area (Å²) in [6, 6.07) is 11.9. The number of aromatic nitrogens is 2. The molecule has 2 aromatic heterocycles. The predicted octanol–water partition coefficient (Wildman–Crippen LogP) is 4.05. The highest BCUT2D eigenvalue weighted by Gasteiger charge is 2.19. The van der Waals surface area contributed by atoms with Gasteiger partial charge in [0.15, 0.2) is 0 Å². The lowest BCUT2D eigenvalue weighted by molar-refractivity contribution is 0.783. The number of aryl methyl sites for hydroxylation is 1. The fourth-order valence-electron chi connectivity index (χ4n) is 2.05. The lowest BCUT2D eigenvalue weighted by Gasteiger charge is -2.03. The molecule has 3 nitrogen and oxygen atoms in total. The quantitative estimate of drug-likeness (QED) is 0.773. The zero-order valence-electron chi connectivity index (χ0n) is 10.3. The average molecular weight is 290 g/mol. The first-order valence-corrected chi connectivity index (χ1v) is 7.05. The van der Waals surface area contributed by atoms with Crippen molar-refractivity contribution in [2.45, 2.75) is 0 Å². The first-order valence-electron chi connectivity index (χ1n) is 5.79. The Bertz CT molecular complexity index is 716.